The average molecular weight is 689 g/mol. The number of hydrogen-bond acceptors (Lipinski definition) is 7. The van der Waals surface area contributed by atoms with Crippen molar-refractivity contribution in [3.8, 4) is 11.5 Å². The number of piperidine rings is 1. The van der Waals surface area contributed by atoms with Gasteiger partial charge in [0.05, 0.1) is 17.5 Å². The first-order valence-corrected chi connectivity index (χ1v) is 17.4. The SMILES string of the molecule is CC(=O)Nc1cc(NC(=O)N(c2ccccc2)C2CCN(Cc3ccc(Oc4ccc(NS(C)(=O)=O)cc4C(N)=O)cc3)CC2)ccc1F. The molecule has 4 aromatic rings. The Hall–Kier alpha value is -5.47. The first-order valence-electron chi connectivity index (χ1n) is 15.5. The van der Waals surface area contributed by atoms with Crippen molar-refractivity contribution in [2.75, 3.05) is 39.6 Å². The number of primary amides is 1. The van der Waals surface area contributed by atoms with Crippen molar-refractivity contribution in [1.82, 2.24) is 4.90 Å². The minimum absolute atomic E-state index is 0.0157. The van der Waals surface area contributed by atoms with E-state index in [1.807, 2.05) is 42.5 Å². The first-order chi connectivity index (χ1) is 23.3. The molecule has 0 unspecified atom stereocenters. The Kier molecular flexibility index (Phi) is 10.8. The van der Waals surface area contributed by atoms with Crippen LogP contribution in [0.3, 0.4) is 0 Å². The summed E-state index contributed by atoms with van der Waals surface area (Å²) in [5, 5.41) is 5.30. The zero-order valence-electron chi connectivity index (χ0n) is 27.0. The van der Waals surface area contributed by atoms with Gasteiger partial charge in [-0.2, -0.15) is 0 Å². The monoisotopic (exact) mass is 688 g/mol. The van der Waals surface area contributed by atoms with E-state index in [4.69, 9.17) is 10.5 Å². The van der Waals surface area contributed by atoms with Gasteiger partial charge in [-0.05, 0) is 79.1 Å². The fourth-order valence-corrected chi connectivity index (χ4v) is 6.18. The molecule has 0 saturated carbocycles. The lowest BCUT2D eigenvalue weighted by molar-refractivity contribution is -0.114. The summed E-state index contributed by atoms with van der Waals surface area (Å²) >= 11 is 0. The number of anilines is 4. The second-order valence-electron chi connectivity index (χ2n) is 11.7. The summed E-state index contributed by atoms with van der Waals surface area (Å²) in [5.41, 5.74) is 7.86. The van der Waals surface area contributed by atoms with Gasteiger partial charge in [-0.3, -0.25) is 24.1 Å². The second-order valence-corrected chi connectivity index (χ2v) is 13.5. The van der Waals surface area contributed by atoms with Crippen LogP contribution in [-0.2, 0) is 21.4 Å². The number of carbonyl (C=O) groups is 3. The van der Waals surface area contributed by atoms with Crippen molar-refractivity contribution in [2.24, 2.45) is 5.73 Å². The Labute approximate surface area is 284 Å². The molecule has 1 saturated heterocycles. The van der Waals surface area contributed by atoms with Gasteiger partial charge < -0.3 is 21.1 Å². The average Bonchev–Trinajstić information content (AvgIpc) is 3.05. The van der Waals surface area contributed by atoms with Crippen LogP contribution in [0.5, 0.6) is 11.5 Å². The fourth-order valence-electron chi connectivity index (χ4n) is 5.63. The largest absolute Gasteiger partial charge is 0.457 e. The van der Waals surface area contributed by atoms with Gasteiger partial charge in [-0.25, -0.2) is 17.6 Å². The molecule has 1 aliphatic heterocycles. The number of rotatable bonds is 11. The zero-order chi connectivity index (χ0) is 35.1. The minimum Gasteiger partial charge on any atom is -0.457 e. The second kappa shape index (κ2) is 15.2. The molecule has 5 rings (SSSR count). The molecule has 0 radical (unpaired) electrons. The Morgan fingerprint density at radius 3 is 2.22 bits per heavy atom. The number of benzene rings is 4. The Bertz CT molecular complexity index is 1930. The van der Waals surface area contributed by atoms with Crippen LogP contribution in [0, 0.1) is 5.82 Å². The van der Waals surface area contributed by atoms with Crippen molar-refractivity contribution in [1.29, 1.82) is 0 Å². The summed E-state index contributed by atoms with van der Waals surface area (Å²) < 4.78 is 45.6. The number of hydrogen-bond donors (Lipinski definition) is 4. The number of halogens is 1. The lowest BCUT2D eigenvalue weighted by atomic mass is 10.0. The van der Waals surface area contributed by atoms with E-state index in [1.165, 1.54) is 43.3 Å². The van der Waals surface area contributed by atoms with Gasteiger partial charge in [0, 0.05) is 49.7 Å². The number of sulfonamides is 1. The number of likely N-dealkylation sites (tertiary alicyclic amines) is 1. The summed E-state index contributed by atoms with van der Waals surface area (Å²) in [6.07, 6.45) is 2.43. The van der Waals surface area contributed by atoms with Crippen LogP contribution >= 0.6 is 0 Å². The molecule has 256 valence electrons. The number of nitrogens with zero attached hydrogens (tertiary/aromatic N) is 2. The smallest absolute Gasteiger partial charge is 0.326 e. The molecule has 12 nitrogen and oxygen atoms in total. The highest BCUT2D eigenvalue weighted by Gasteiger charge is 2.29. The number of urea groups is 1. The Balaban J connectivity index is 1.21. The van der Waals surface area contributed by atoms with Crippen molar-refractivity contribution in [3.05, 3.63) is 108 Å². The normalized spacial score (nSPS) is 13.7. The van der Waals surface area contributed by atoms with E-state index in [0.29, 0.717) is 30.8 Å². The van der Waals surface area contributed by atoms with Crippen molar-refractivity contribution in [3.63, 3.8) is 0 Å². The van der Waals surface area contributed by atoms with Crippen LogP contribution in [0.2, 0.25) is 0 Å². The molecular formula is C35H37FN6O6S. The van der Waals surface area contributed by atoms with E-state index in [-0.39, 0.29) is 34.8 Å². The number of nitrogens with one attached hydrogen (secondary N) is 3. The molecule has 14 heteroatoms. The minimum atomic E-state index is -3.54. The summed E-state index contributed by atoms with van der Waals surface area (Å²) in [7, 11) is -3.54. The molecule has 1 fully saturated rings. The standard InChI is InChI=1S/C35H37FN6O6S/c1-23(43)38-32-21-25(10-14-31(32)36)39-35(45)42(27-6-4-3-5-7-27)28-16-18-41(19-17-28)22-24-8-12-29(13-9-24)48-33-15-11-26(40-49(2,46)47)20-30(33)34(37)44/h3-15,20-21,28,40H,16-19,22H2,1-2H3,(H2,37,44)(H,38,43)(H,39,45). The van der Waals surface area contributed by atoms with Gasteiger partial charge in [-0.15, -0.1) is 0 Å². The molecule has 0 atom stereocenters. The van der Waals surface area contributed by atoms with Crippen LogP contribution in [0.4, 0.5) is 31.9 Å². The number of carbonyl (C=O) groups excluding carboxylic acids is 3. The molecule has 5 N–H and O–H groups in total. The lowest BCUT2D eigenvalue weighted by Crippen LogP contribution is -2.49. The molecule has 1 aliphatic rings. The summed E-state index contributed by atoms with van der Waals surface area (Å²) in [6.45, 7) is 3.42. The Morgan fingerprint density at radius 1 is 0.918 bits per heavy atom. The van der Waals surface area contributed by atoms with Gasteiger partial charge in [0.2, 0.25) is 15.9 Å². The molecule has 4 amide bonds. The maximum Gasteiger partial charge on any atom is 0.326 e. The van der Waals surface area contributed by atoms with Crippen LogP contribution in [-0.4, -0.2) is 56.6 Å². The predicted molar refractivity (Wildman–Crippen MR) is 187 cm³/mol. The van der Waals surface area contributed by atoms with Gasteiger partial charge in [0.1, 0.15) is 17.3 Å². The molecule has 1 heterocycles. The van der Waals surface area contributed by atoms with Crippen molar-refractivity contribution >= 4 is 50.6 Å². The van der Waals surface area contributed by atoms with Crippen LogP contribution in [0.1, 0.15) is 35.7 Å². The third-order valence-electron chi connectivity index (χ3n) is 7.81. The molecule has 4 aromatic carbocycles. The van der Waals surface area contributed by atoms with Crippen molar-refractivity contribution < 1.29 is 31.9 Å². The molecule has 0 bridgehead atoms. The van der Waals surface area contributed by atoms with Crippen LogP contribution in [0.15, 0.2) is 91.0 Å². The number of amides is 4. The van der Waals surface area contributed by atoms with Gasteiger partial charge in [-0.1, -0.05) is 30.3 Å². The maximum absolute atomic E-state index is 14.2. The van der Waals surface area contributed by atoms with E-state index in [2.05, 4.69) is 20.3 Å². The molecule has 0 aromatic heterocycles. The highest BCUT2D eigenvalue weighted by Crippen LogP contribution is 2.30. The molecular weight excluding hydrogens is 651 g/mol. The van der Waals surface area contributed by atoms with E-state index in [0.717, 1.165) is 30.6 Å². The first kappa shape index (κ1) is 34.9. The quantitative estimate of drug-likeness (QED) is 0.156. The third kappa shape index (κ3) is 9.55. The van der Waals surface area contributed by atoms with E-state index in [9.17, 15) is 27.2 Å². The third-order valence-corrected chi connectivity index (χ3v) is 8.42. The summed E-state index contributed by atoms with van der Waals surface area (Å²) in [4.78, 5) is 41.2. The molecule has 0 aliphatic carbocycles. The lowest BCUT2D eigenvalue weighted by Gasteiger charge is -2.38. The number of para-hydroxylation sites is 1. The number of nitrogens with two attached hydrogens (primary N) is 1. The van der Waals surface area contributed by atoms with Crippen LogP contribution in [0.25, 0.3) is 0 Å². The summed E-state index contributed by atoms with van der Waals surface area (Å²) in [5.74, 6) is -1.11. The maximum atomic E-state index is 14.2. The topological polar surface area (TPSA) is 163 Å². The fraction of sp³-hybridized carbons (Fsp3) is 0.229. The highest BCUT2D eigenvalue weighted by molar-refractivity contribution is 7.92. The zero-order valence-corrected chi connectivity index (χ0v) is 27.8. The highest BCUT2D eigenvalue weighted by atomic mass is 32.2. The van der Waals surface area contributed by atoms with Gasteiger partial charge in [0.25, 0.3) is 5.91 Å². The summed E-state index contributed by atoms with van der Waals surface area (Å²) in [6, 6.07) is 24.6. The number of ether oxygens (including phenoxy) is 1. The van der Waals surface area contributed by atoms with E-state index >= 15 is 0 Å². The van der Waals surface area contributed by atoms with Gasteiger partial charge in [0.15, 0.2) is 0 Å². The van der Waals surface area contributed by atoms with Crippen molar-refractivity contribution in [2.45, 2.75) is 32.4 Å². The van der Waals surface area contributed by atoms with E-state index < -0.39 is 27.7 Å². The predicted octanol–water partition coefficient (Wildman–Crippen LogP) is 5.75. The van der Waals surface area contributed by atoms with E-state index in [1.54, 1.807) is 17.0 Å². The Morgan fingerprint density at radius 2 is 1.59 bits per heavy atom. The van der Waals surface area contributed by atoms with Gasteiger partial charge >= 0.3 is 6.03 Å². The molecule has 49 heavy (non-hydrogen) atoms. The van der Waals surface area contributed by atoms with Crippen LogP contribution < -0.4 is 30.7 Å². The molecule has 0 spiro atoms.